The summed E-state index contributed by atoms with van der Waals surface area (Å²) >= 11 is 4.20. The molecular weight excluding hydrogens is 302 g/mol. The summed E-state index contributed by atoms with van der Waals surface area (Å²) in [6.07, 6.45) is 0.447. The first-order valence-corrected chi connectivity index (χ1v) is 5.42. The van der Waals surface area contributed by atoms with Crippen molar-refractivity contribution in [3.05, 3.63) is 9.48 Å². The quantitative estimate of drug-likeness (QED) is 0.478. The van der Waals surface area contributed by atoms with Crippen LogP contribution in [0, 0.1) is 0 Å². The van der Waals surface area contributed by atoms with E-state index in [4.69, 9.17) is 5.11 Å². The third kappa shape index (κ3) is 2.76. The molecule has 0 saturated carbocycles. The topological polar surface area (TPSA) is 101 Å². The summed E-state index contributed by atoms with van der Waals surface area (Å²) in [5, 5.41) is 14.8. The lowest BCUT2D eigenvalue weighted by molar-refractivity contribution is -0.129. The predicted octanol–water partition coefficient (Wildman–Crippen LogP) is 0.909. The maximum Gasteiger partial charge on any atom is 0.360 e. The molecule has 9 heteroatoms. The number of nitrogens with zero attached hydrogens (tertiary/aromatic N) is 2. The average molecular weight is 308 g/mol. The second-order valence-corrected chi connectivity index (χ2v) is 4.65. The van der Waals surface area contributed by atoms with Crippen LogP contribution in [0.1, 0.15) is 5.69 Å². The van der Waals surface area contributed by atoms with E-state index in [0.717, 1.165) is 11.3 Å². The van der Waals surface area contributed by atoms with Gasteiger partial charge >= 0.3 is 5.97 Å². The van der Waals surface area contributed by atoms with Crippen LogP contribution in [0.15, 0.2) is 8.94 Å². The Morgan fingerprint density at radius 1 is 1.75 bits per heavy atom. The number of carbonyl (C=O) groups excluding carboxylic acids is 1. The number of anilines is 1. The van der Waals surface area contributed by atoms with Gasteiger partial charge in [0.25, 0.3) is 0 Å². The molecule has 0 radical (unpaired) electrons. The number of oxime groups is 1. The van der Waals surface area contributed by atoms with Crippen molar-refractivity contribution < 1.29 is 19.5 Å². The van der Waals surface area contributed by atoms with Gasteiger partial charge in [0.2, 0.25) is 12.1 Å². The van der Waals surface area contributed by atoms with Crippen LogP contribution in [0.5, 0.6) is 0 Å². The summed E-state index contributed by atoms with van der Waals surface area (Å²) < 4.78 is 0.440. The molecular formula is C7H6BrN3O4S. The van der Waals surface area contributed by atoms with Crippen molar-refractivity contribution in [1.29, 1.82) is 0 Å². The lowest BCUT2D eigenvalue weighted by Gasteiger charge is -1.96. The van der Waals surface area contributed by atoms with Crippen molar-refractivity contribution >= 4 is 50.5 Å². The molecule has 0 spiro atoms. The number of halogens is 1. The number of carboxylic acids is 1. The smallest absolute Gasteiger partial charge is 0.360 e. The minimum atomic E-state index is -1.27. The first-order valence-electron chi connectivity index (χ1n) is 3.81. The summed E-state index contributed by atoms with van der Waals surface area (Å²) in [6.45, 7) is 0. The predicted molar refractivity (Wildman–Crippen MR) is 60.7 cm³/mol. The van der Waals surface area contributed by atoms with E-state index in [2.05, 4.69) is 36.2 Å². The molecule has 1 amide bonds. The number of carbonyl (C=O) groups is 2. The van der Waals surface area contributed by atoms with Crippen LogP contribution >= 0.6 is 27.3 Å². The van der Waals surface area contributed by atoms with Crippen molar-refractivity contribution in [2.24, 2.45) is 5.16 Å². The highest BCUT2D eigenvalue weighted by molar-refractivity contribution is 9.11. The van der Waals surface area contributed by atoms with Gasteiger partial charge in [0.05, 0.1) is 0 Å². The average Bonchev–Trinajstić information content (AvgIpc) is 2.56. The number of aromatic nitrogens is 1. The first-order chi connectivity index (χ1) is 7.60. The van der Waals surface area contributed by atoms with E-state index in [1.165, 1.54) is 7.11 Å². The molecule has 0 unspecified atom stereocenters. The van der Waals surface area contributed by atoms with Crippen molar-refractivity contribution in [2.75, 3.05) is 12.4 Å². The molecule has 1 aromatic heterocycles. The van der Waals surface area contributed by atoms with Gasteiger partial charge in [-0.2, -0.15) is 0 Å². The highest BCUT2D eigenvalue weighted by Gasteiger charge is 2.21. The van der Waals surface area contributed by atoms with Crippen LogP contribution in [0.2, 0.25) is 0 Å². The Bertz CT molecular complexity index is 445. The molecule has 1 rings (SSSR count). The molecule has 0 saturated heterocycles. The molecule has 7 nitrogen and oxygen atoms in total. The second-order valence-electron chi connectivity index (χ2n) is 2.33. The van der Waals surface area contributed by atoms with Gasteiger partial charge < -0.3 is 15.3 Å². The fourth-order valence-corrected chi connectivity index (χ4v) is 2.22. The highest BCUT2D eigenvalue weighted by atomic mass is 79.9. The lowest BCUT2D eigenvalue weighted by Crippen LogP contribution is -2.16. The Morgan fingerprint density at radius 2 is 2.44 bits per heavy atom. The second kappa shape index (κ2) is 5.56. The van der Waals surface area contributed by atoms with E-state index < -0.39 is 5.97 Å². The molecule has 1 aromatic rings. The minimum absolute atomic E-state index is 0.101. The number of nitrogens with one attached hydrogen (secondary N) is 1. The van der Waals surface area contributed by atoms with Gasteiger partial charge in [-0.3, -0.25) is 4.79 Å². The van der Waals surface area contributed by atoms with E-state index in [1.807, 2.05) is 0 Å². The largest absolute Gasteiger partial charge is 0.476 e. The number of amides is 1. The Morgan fingerprint density at radius 3 is 2.94 bits per heavy atom. The summed E-state index contributed by atoms with van der Waals surface area (Å²) in [5.74, 6) is -1.27. The maximum absolute atomic E-state index is 10.9. The Kier molecular flexibility index (Phi) is 4.38. The van der Waals surface area contributed by atoms with Gasteiger partial charge in [-0.05, 0) is 15.9 Å². The van der Waals surface area contributed by atoms with Crippen molar-refractivity contribution in [3.8, 4) is 0 Å². The van der Waals surface area contributed by atoms with Crippen LogP contribution in [-0.4, -0.2) is 35.3 Å². The van der Waals surface area contributed by atoms with E-state index >= 15 is 0 Å². The minimum Gasteiger partial charge on any atom is -0.476 e. The van der Waals surface area contributed by atoms with E-state index in [1.54, 1.807) is 0 Å². The number of thiazole rings is 1. The molecule has 16 heavy (non-hydrogen) atoms. The highest BCUT2D eigenvalue weighted by Crippen LogP contribution is 2.28. The zero-order chi connectivity index (χ0) is 12.1. The molecule has 0 fully saturated rings. The fourth-order valence-electron chi connectivity index (χ4n) is 0.835. The van der Waals surface area contributed by atoms with Crippen molar-refractivity contribution in [3.63, 3.8) is 0 Å². The molecule has 0 aliphatic rings. The van der Waals surface area contributed by atoms with Crippen LogP contribution in [0.4, 0.5) is 5.13 Å². The first kappa shape index (κ1) is 12.6. The van der Waals surface area contributed by atoms with E-state index in [0.29, 0.717) is 10.2 Å². The summed E-state index contributed by atoms with van der Waals surface area (Å²) in [6, 6.07) is 0. The van der Waals surface area contributed by atoms with Gasteiger partial charge in [-0.25, -0.2) is 9.78 Å². The Hall–Kier alpha value is -1.48. The molecule has 86 valence electrons. The number of aliphatic carboxylic acids is 1. The van der Waals surface area contributed by atoms with Crippen LogP contribution in [0.3, 0.4) is 0 Å². The number of hydrogen-bond acceptors (Lipinski definition) is 6. The molecule has 0 aromatic carbocycles. The summed E-state index contributed by atoms with van der Waals surface area (Å²) in [5.41, 5.74) is -0.242. The number of rotatable bonds is 5. The normalized spacial score (nSPS) is 11.0. The molecule has 0 bridgehead atoms. The maximum atomic E-state index is 10.9. The molecule has 2 N–H and O–H groups in total. The van der Waals surface area contributed by atoms with Crippen molar-refractivity contribution in [1.82, 2.24) is 4.98 Å². The van der Waals surface area contributed by atoms with Crippen molar-refractivity contribution in [2.45, 2.75) is 0 Å². The third-order valence-electron chi connectivity index (χ3n) is 1.38. The van der Waals surface area contributed by atoms with Crippen LogP contribution in [-0.2, 0) is 14.4 Å². The van der Waals surface area contributed by atoms with Crippen LogP contribution < -0.4 is 5.32 Å². The van der Waals surface area contributed by atoms with Gasteiger partial charge in [0.15, 0.2) is 5.13 Å². The molecule has 1 heterocycles. The Balaban J connectivity index is 3.14. The fraction of sp³-hybridized carbons (Fsp3) is 0.143. The Labute approximate surface area is 102 Å². The summed E-state index contributed by atoms with van der Waals surface area (Å²) in [7, 11) is 1.23. The number of hydrogen-bond donors (Lipinski definition) is 2. The van der Waals surface area contributed by atoms with Gasteiger partial charge in [-0.15, -0.1) is 0 Å². The number of carboxylic acid groups (broad SMARTS) is 1. The molecule has 0 atom stereocenters. The van der Waals surface area contributed by atoms with E-state index in [9.17, 15) is 9.59 Å². The molecule has 0 aliphatic heterocycles. The van der Waals surface area contributed by atoms with E-state index in [-0.39, 0.29) is 16.5 Å². The zero-order valence-electron chi connectivity index (χ0n) is 7.93. The molecule has 0 aliphatic carbocycles. The van der Waals surface area contributed by atoms with Gasteiger partial charge in [0, 0.05) is 0 Å². The van der Waals surface area contributed by atoms with Gasteiger partial charge in [-0.1, -0.05) is 16.5 Å². The van der Waals surface area contributed by atoms with Crippen LogP contribution in [0.25, 0.3) is 0 Å². The van der Waals surface area contributed by atoms with Gasteiger partial charge in [0.1, 0.15) is 16.6 Å². The monoisotopic (exact) mass is 307 g/mol. The standard InChI is InChI=1S/C7H6BrN3O4S/c1-15-11-4(6(13)14)3-5(8)16-7(10-3)9-2-12/h2H,1H3,(H,13,14)(H,9,10,12). The SMILES string of the molecule is CON=C(C(=O)O)c1nc(NC=O)sc1Br. The third-order valence-corrected chi connectivity index (χ3v) is 3.01. The lowest BCUT2D eigenvalue weighted by atomic mass is 10.3. The zero-order valence-corrected chi connectivity index (χ0v) is 10.3. The summed E-state index contributed by atoms with van der Waals surface area (Å²) in [4.78, 5) is 29.3.